The smallest absolute Gasteiger partial charge is 0.211 e. The first-order valence-electron chi connectivity index (χ1n) is 11.9. The molecule has 0 saturated carbocycles. The Bertz CT molecular complexity index is 948. The molecule has 2 atom stereocenters. The Morgan fingerprint density at radius 2 is 1.72 bits per heavy atom. The van der Waals surface area contributed by atoms with Crippen LogP contribution in [0.1, 0.15) is 63.5 Å². The number of nitrogens with one attached hydrogen (secondary N) is 3. The molecule has 4 N–H and O–H groups in total. The van der Waals surface area contributed by atoms with E-state index in [-0.39, 0.29) is 23.5 Å². The maximum atomic E-state index is 14.0. The lowest BCUT2D eigenvalue weighted by atomic mass is 9.83. The molecule has 9 heteroatoms. The van der Waals surface area contributed by atoms with E-state index in [0.717, 1.165) is 30.5 Å². The van der Waals surface area contributed by atoms with Gasteiger partial charge in [0, 0.05) is 48.8 Å². The summed E-state index contributed by atoms with van der Waals surface area (Å²) in [6, 6.07) is 10.5. The maximum Gasteiger partial charge on any atom is 0.211 e. The molecule has 0 radical (unpaired) electrons. The fourth-order valence-corrected chi connectivity index (χ4v) is 3.91. The van der Waals surface area contributed by atoms with Crippen LogP contribution in [0.2, 0.25) is 10.0 Å². The van der Waals surface area contributed by atoms with Gasteiger partial charge in [0.15, 0.2) is 0 Å². The van der Waals surface area contributed by atoms with Gasteiger partial charge in [-0.3, -0.25) is 9.59 Å². The number of rotatable bonds is 9. The second-order valence-electron chi connectivity index (χ2n) is 10.0. The first-order chi connectivity index (χ1) is 17.0. The van der Waals surface area contributed by atoms with Crippen molar-refractivity contribution < 1.29 is 19.1 Å². The Hall–Kier alpha value is -2.19. The van der Waals surface area contributed by atoms with Gasteiger partial charge in [-0.1, -0.05) is 63.0 Å². The highest BCUT2D eigenvalue weighted by Crippen LogP contribution is 2.41. The zero-order valence-electron chi connectivity index (χ0n) is 21.4. The summed E-state index contributed by atoms with van der Waals surface area (Å²) in [7, 11) is 0. The number of aliphatic hydroxyl groups is 1. The van der Waals surface area contributed by atoms with Crippen LogP contribution in [0, 0.1) is 11.2 Å². The van der Waals surface area contributed by atoms with Crippen LogP contribution in [0.5, 0.6) is 0 Å². The van der Waals surface area contributed by atoms with Crippen molar-refractivity contribution in [3.05, 3.63) is 63.4 Å². The Morgan fingerprint density at radius 1 is 1.06 bits per heavy atom. The number of carbonyl (C=O) groups excluding carboxylic acids is 2. The second-order valence-corrected chi connectivity index (χ2v) is 10.9. The van der Waals surface area contributed by atoms with Crippen molar-refractivity contribution in [1.29, 1.82) is 0 Å². The number of amides is 2. The Morgan fingerprint density at radius 3 is 2.31 bits per heavy atom. The van der Waals surface area contributed by atoms with Crippen molar-refractivity contribution in [2.45, 2.75) is 52.4 Å². The molecule has 1 heterocycles. The van der Waals surface area contributed by atoms with Gasteiger partial charge < -0.3 is 21.1 Å². The van der Waals surface area contributed by atoms with Gasteiger partial charge >= 0.3 is 0 Å². The average Bonchev–Trinajstić information content (AvgIpc) is 3.28. The zero-order valence-corrected chi connectivity index (χ0v) is 22.9. The number of unbranched alkanes of at least 4 members (excludes halogenated alkanes) is 1. The quantitative estimate of drug-likeness (QED) is 0.241. The molecule has 200 valence electrons. The van der Waals surface area contributed by atoms with Crippen LogP contribution in [0.25, 0.3) is 0 Å². The molecule has 1 aliphatic rings. The van der Waals surface area contributed by atoms with Crippen molar-refractivity contribution in [3.8, 4) is 0 Å². The summed E-state index contributed by atoms with van der Waals surface area (Å²) in [5, 5.41) is 17.3. The van der Waals surface area contributed by atoms with Crippen LogP contribution in [0.15, 0.2) is 36.4 Å². The molecule has 2 amide bonds. The van der Waals surface area contributed by atoms with E-state index in [1.165, 1.54) is 12.1 Å². The molecular weight excluding hydrogens is 504 g/mol. The number of anilines is 1. The summed E-state index contributed by atoms with van der Waals surface area (Å²) < 4.78 is 14.0. The summed E-state index contributed by atoms with van der Waals surface area (Å²) in [5.74, 6) is -0.334. The summed E-state index contributed by atoms with van der Waals surface area (Å²) in [5.41, 5.74) is 2.85. The third-order valence-electron chi connectivity index (χ3n) is 5.01. The van der Waals surface area contributed by atoms with Crippen molar-refractivity contribution in [1.82, 2.24) is 10.6 Å². The van der Waals surface area contributed by atoms with E-state index in [2.05, 4.69) is 43.6 Å². The van der Waals surface area contributed by atoms with Crippen LogP contribution < -0.4 is 16.0 Å². The first-order valence-corrected chi connectivity index (χ1v) is 12.7. The van der Waals surface area contributed by atoms with Crippen LogP contribution in [0.4, 0.5) is 10.1 Å². The average molecular weight is 543 g/mol. The highest BCUT2D eigenvalue weighted by Gasteiger charge is 2.32. The number of hydrogen-bond donors (Lipinski definition) is 4. The monoisotopic (exact) mass is 541 g/mol. The van der Waals surface area contributed by atoms with E-state index < -0.39 is 5.82 Å². The molecule has 2 aromatic carbocycles. The van der Waals surface area contributed by atoms with Crippen molar-refractivity contribution in [3.63, 3.8) is 0 Å². The van der Waals surface area contributed by atoms with Gasteiger partial charge in [0.25, 0.3) is 0 Å². The fraction of sp³-hybridized carbons (Fsp3) is 0.481. The van der Waals surface area contributed by atoms with E-state index in [1.807, 2.05) is 24.3 Å². The van der Waals surface area contributed by atoms with Crippen LogP contribution in [-0.4, -0.2) is 44.2 Å². The molecule has 0 aromatic heterocycles. The standard InChI is InChI=1S/C17H15Cl2FN2O.C5H11NO2.C5H12/c18-11-3-1-2-10(4-11)13-7-21-8-14(13)12-5-16(20)15(19)6-17(12)22-9-23;7-4-2-1-3-6-5-8;1-5(2,3)4/h1-6,9,13-14,21H,7-8H2,(H,22,23);5,7H,1-4H2,(H,6,8);1-4H3. The molecule has 1 aliphatic heterocycles. The molecule has 0 aliphatic carbocycles. The zero-order chi connectivity index (χ0) is 27.1. The van der Waals surface area contributed by atoms with Gasteiger partial charge in [0.05, 0.1) is 5.02 Å². The summed E-state index contributed by atoms with van der Waals surface area (Å²) in [4.78, 5) is 20.4. The largest absolute Gasteiger partial charge is 0.396 e. The van der Waals surface area contributed by atoms with Gasteiger partial charge in [-0.25, -0.2) is 4.39 Å². The lowest BCUT2D eigenvalue weighted by Crippen LogP contribution is -2.12. The SMILES string of the molecule is CC(C)(C)C.O=CNCCCCO.O=CNc1cc(Cl)c(F)cc1C1CNCC1c1cccc(Cl)c1. The topological polar surface area (TPSA) is 90.5 Å². The van der Waals surface area contributed by atoms with Crippen LogP contribution in [-0.2, 0) is 9.59 Å². The Labute approximate surface area is 224 Å². The Balaban J connectivity index is 0.000000414. The molecule has 0 bridgehead atoms. The minimum atomic E-state index is -0.491. The molecule has 1 fully saturated rings. The molecule has 2 unspecified atom stereocenters. The lowest BCUT2D eigenvalue weighted by molar-refractivity contribution is -0.109. The summed E-state index contributed by atoms with van der Waals surface area (Å²) >= 11 is 11.9. The van der Waals surface area contributed by atoms with E-state index in [1.54, 1.807) is 0 Å². The van der Waals surface area contributed by atoms with Gasteiger partial charge in [-0.15, -0.1) is 0 Å². The Kier molecular flexibility index (Phi) is 14.6. The highest BCUT2D eigenvalue weighted by molar-refractivity contribution is 6.31. The first kappa shape index (κ1) is 31.8. The normalized spacial score (nSPS) is 16.7. The number of benzene rings is 2. The molecule has 0 spiro atoms. The minimum absolute atomic E-state index is 0.0108. The molecule has 1 saturated heterocycles. The van der Waals surface area contributed by atoms with Gasteiger partial charge in [0.1, 0.15) is 5.82 Å². The predicted molar refractivity (Wildman–Crippen MR) is 146 cm³/mol. The van der Waals surface area contributed by atoms with Gasteiger partial charge in [0.2, 0.25) is 12.8 Å². The number of hydrogen-bond acceptors (Lipinski definition) is 4. The number of carbonyl (C=O) groups is 2. The van der Waals surface area contributed by atoms with Crippen LogP contribution in [0.3, 0.4) is 0 Å². The molecule has 3 rings (SSSR count). The fourth-order valence-electron chi connectivity index (χ4n) is 3.55. The van der Waals surface area contributed by atoms with E-state index in [0.29, 0.717) is 42.0 Å². The molecule has 36 heavy (non-hydrogen) atoms. The second kappa shape index (κ2) is 16.5. The van der Waals surface area contributed by atoms with Crippen molar-refractivity contribution in [2.75, 3.05) is 31.6 Å². The predicted octanol–water partition coefficient (Wildman–Crippen LogP) is 5.73. The highest BCUT2D eigenvalue weighted by atomic mass is 35.5. The van der Waals surface area contributed by atoms with E-state index >= 15 is 0 Å². The lowest BCUT2D eigenvalue weighted by Gasteiger charge is -2.22. The number of aliphatic hydroxyl groups excluding tert-OH is 1. The van der Waals surface area contributed by atoms with Gasteiger partial charge in [-0.2, -0.15) is 0 Å². The van der Waals surface area contributed by atoms with Crippen LogP contribution >= 0.6 is 23.2 Å². The van der Waals surface area contributed by atoms with Gasteiger partial charge in [-0.05, 0) is 53.6 Å². The number of halogens is 3. The van der Waals surface area contributed by atoms with Crippen molar-refractivity contribution >= 4 is 41.7 Å². The van der Waals surface area contributed by atoms with E-state index in [9.17, 15) is 14.0 Å². The third-order valence-corrected chi connectivity index (χ3v) is 5.53. The molecular formula is C27H38Cl2FN3O3. The molecule has 2 aromatic rings. The molecule has 6 nitrogen and oxygen atoms in total. The third kappa shape index (κ3) is 12.2. The summed E-state index contributed by atoms with van der Waals surface area (Å²) in [6.07, 6.45) is 2.86. The minimum Gasteiger partial charge on any atom is -0.396 e. The van der Waals surface area contributed by atoms with E-state index in [4.69, 9.17) is 28.3 Å². The maximum absolute atomic E-state index is 14.0. The summed E-state index contributed by atoms with van der Waals surface area (Å²) in [6.45, 7) is 11.1. The van der Waals surface area contributed by atoms with Crippen molar-refractivity contribution in [2.24, 2.45) is 5.41 Å².